The standard InChI is InChI=1S/C35H44N2O7/c1-7-24(3)32(34(39)44-35(4,5)6)36-22-27-21-28(37(40)41)16-19-30(27)31(33(38)42-8-2)20-25-14-17-29(18-15-25)43-23-26-12-10-9-11-13-26/h9-19,21,24,31-32,36H,7-8,20,22-23H2,1-6H3/t24-,31?,32-/m0/s1. The van der Waals surface area contributed by atoms with Crippen LogP contribution < -0.4 is 10.1 Å². The minimum Gasteiger partial charge on any atom is -0.489 e. The number of carbonyl (C=O) groups excluding carboxylic acids is 2. The predicted molar refractivity (Wildman–Crippen MR) is 169 cm³/mol. The number of nitro groups is 1. The van der Waals surface area contributed by atoms with E-state index in [2.05, 4.69) is 5.32 Å². The Morgan fingerprint density at radius 2 is 1.61 bits per heavy atom. The van der Waals surface area contributed by atoms with Crippen molar-refractivity contribution >= 4 is 17.6 Å². The van der Waals surface area contributed by atoms with Crippen LogP contribution in [-0.4, -0.2) is 35.1 Å². The fourth-order valence-corrected chi connectivity index (χ4v) is 4.80. The fraction of sp³-hybridized carbons (Fsp3) is 0.429. The van der Waals surface area contributed by atoms with Gasteiger partial charge < -0.3 is 19.5 Å². The Morgan fingerprint density at radius 3 is 2.20 bits per heavy atom. The molecule has 44 heavy (non-hydrogen) atoms. The molecule has 0 spiro atoms. The highest BCUT2D eigenvalue weighted by Crippen LogP contribution is 2.30. The quantitative estimate of drug-likeness (QED) is 0.113. The van der Waals surface area contributed by atoms with E-state index in [9.17, 15) is 19.7 Å². The molecule has 3 rings (SSSR count). The number of hydrogen-bond acceptors (Lipinski definition) is 8. The van der Waals surface area contributed by atoms with Crippen LogP contribution in [0.1, 0.15) is 76.1 Å². The molecule has 0 heterocycles. The van der Waals surface area contributed by atoms with Gasteiger partial charge in [0.2, 0.25) is 0 Å². The summed E-state index contributed by atoms with van der Waals surface area (Å²) in [4.78, 5) is 37.6. The zero-order chi connectivity index (χ0) is 32.3. The van der Waals surface area contributed by atoms with Crippen LogP contribution in [0.2, 0.25) is 0 Å². The van der Waals surface area contributed by atoms with Gasteiger partial charge in [-0.25, -0.2) is 0 Å². The summed E-state index contributed by atoms with van der Waals surface area (Å²) in [6.07, 6.45) is 1.03. The van der Waals surface area contributed by atoms with E-state index in [1.165, 1.54) is 12.1 Å². The van der Waals surface area contributed by atoms with Gasteiger partial charge in [-0.2, -0.15) is 0 Å². The second-order valence-electron chi connectivity index (χ2n) is 11.8. The third-order valence-corrected chi connectivity index (χ3v) is 7.28. The van der Waals surface area contributed by atoms with E-state index in [1.54, 1.807) is 13.0 Å². The summed E-state index contributed by atoms with van der Waals surface area (Å²) < 4.78 is 17.0. The van der Waals surface area contributed by atoms with E-state index in [0.29, 0.717) is 29.9 Å². The number of rotatable bonds is 15. The Bertz CT molecular complexity index is 1380. The SMILES string of the molecule is CCOC(=O)C(Cc1ccc(OCc2ccccc2)cc1)c1ccc([N+](=O)[O-])cc1CN[C@H](C(=O)OC(C)(C)C)[C@@H](C)CC. The Hall–Kier alpha value is -4.24. The van der Waals surface area contributed by atoms with E-state index < -0.39 is 34.4 Å². The molecule has 9 heteroatoms. The van der Waals surface area contributed by atoms with Crippen LogP contribution in [0.3, 0.4) is 0 Å². The molecule has 3 atom stereocenters. The zero-order valence-electron chi connectivity index (χ0n) is 26.5. The van der Waals surface area contributed by atoms with Gasteiger partial charge in [0.15, 0.2) is 0 Å². The predicted octanol–water partition coefficient (Wildman–Crippen LogP) is 6.91. The molecule has 0 saturated heterocycles. The number of hydrogen-bond donors (Lipinski definition) is 1. The van der Waals surface area contributed by atoms with Gasteiger partial charge in [0, 0.05) is 18.7 Å². The summed E-state index contributed by atoms with van der Waals surface area (Å²) in [5, 5.41) is 15.0. The fourth-order valence-electron chi connectivity index (χ4n) is 4.80. The normalized spacial score (nSPS) is 13.4. The van der Waals surface area contributed by atoms with Crippen molar-refractivity contribution in [3.05, 3.63) is 105 Å². The third-order valence-electron chi connectivity index (χ3n) is 7.28. The molecule has 1 N–H and O–H groups in total. The lowest BCUT2D eigenvalue weighted by Crippen LogP contribution is -2.45. The van der Waals surface area contributed by atoms with Crippen molar-refractivity contribution in [3.8, 4) is 5.75 Å². The first-order valence-electron chi connectivity index (χ1n) is 15.1. The zero-order valence-corrected chi connectivity index (χ0v) is 26.5. The number of non-ortho nitro benzene ring substituents is 1. The molecule has 1 unspecified atom stereocenters. The Kier molecular flexibility index (Phi) is 12.5. The van der Waals surface area contributed by atoms with Gasteiger partial charge in [0.05, 0.1) is 17.4 Å². The number of nitrogens with zero attached hydrogens (tertiary/aromatic N) is 1. The molecule has 0 bridgehead atoms. The maximum Gasteiger partial charge on any atom is 0.323 e. The van der Waals surface area contributed by atoms with Crippen molar-refractivity contribution in [2.45, 2.75) is 85.1 Å². The number of carbonyl (C=O) groups is 2. The van der Waals surface area contributed by atoms with E-state index in [-0.39, 0.29) is 24.8 Å². The van der Waals surface area contributed by atoms with E-state index >= 15 is 0 Å². The van der Waals surface area contributed by atoms with Gasteiger partial charge in [0.1, 0.15) is 24.0 Å². The van der Waals surface area contributed by atoms with Crippen molar-refractivity contribution in [2.75, 3.05) is 6.61 Å². The lowest BCUT2D eigenvalue weighted by molar-refractivity contribution is -0.384. The van der Waals surface area contributed by atoms with Crippen molar-refractivity contribution in [1.29, 1.82) is 0 Å². The molecule has 3 aromatic carbocycles. The van der Waals surface area contributed by atoms with Gasteiger partial charge in [-0.15, -0.1) is 0 Å². The Labute approximate surface area is 260 Å². The first kappa shape index (κ1) is 34.3. The van der Waals surface area contributed by atoms with Gasteiger partial charge in [-0.05, 0) is 74.4 Å². The molecule has 0 aliphatic carbocycles. The summed E-state index contributed by atoms with van der Waals surface area (Å²) in [5.74, 6) is -0.917. The molecular formula is C35H44N2O7. The minimum absolute atomic E-state index is 0.0597. The first-order chi connectivity index (χ1) is 20.9. The monoisotopic (exact) mass is 604 g/mol. The number of nitro benzene ring substituents is 1. The van der Waals surface area contributed by atoms with Crippen molar-refractivity contribution in [3.63, 3.8) is 0 Å². The maximum atomic E-state index is 13.3. The topological polar surface area (TPSA) is 117 Å². The summed E-state index contributed by atoms with van der Waals surface area (Å²) in [5.41, 5.74) is 2.29. The van der Waals surface area contributed by atoms with Crippen molar-refractivity contribution < 1.29 is 28.7 Å². The Balaban J connectivity index is 1.89. The Morgan fingerprint density at radius 1 is 0.932 bits per heavy atom. The van der Waals surface area contributed by atoms with Crippen LogP contribution >= 0.6 is 0 Å². The molecule has 0 fully saturated rings. The molecule has 0 radical (unpaired) electrons. The molecular weight excluding hydrogens is 560 g/mol. The highest BCUT2D eigenvalue weighted by Gasteiger charge is 2.31. The average Bonchev–Trinajstić information content (AvgIpc) is 2.99. The summed E-state index contributed by atoms with van der Waals surface area (Å²) in [6.45, 7) is 11.8. The maximum absolute atomic E-state index is 13.3. The second kappa shape index (κ2) is 16.0. The molecule has 236 valence electrons. The number of benzene rings is 3. The second-order valence-corrected chi connectivity index (χ2v) is 11.8. The van der Waals surface area contributed by atoms with Gasteiger partial charge in [-0.3, -0.25) is 19.7 Å². The summed E-state index contributed by atoms with van der Waals surface area (Å²) in [7, 11) is 0. The lowest BCUT2D eigenvalue weighted by atomic mass is 9.88. The molecule has 0 aliphatic rings. The molecule has 0 amide bonds. The molecule has 3 aromatic rings. The van der Waals surface area contributed by atoms with Crippen LogP contribution in [0, 0.1) is 16.0 Å². The number of nitrogens with one attached hydrogen (secondary N) is 1. The summed E-state index contributed by atoms with van der Waals surface area (Å²) in [6, 6.07) is 21.2. The summed E-state index contributed by atoms with van der Waals surface area (Å²) >= 11 is 0. The van der Waals surface area contributed by atoms with Crippen molar-refractivity contribution in [2.24, 2.45) is 5.92 Å². The van der Waals surface area contributed by atoms with Crippen LogP contribution in [0.4, 0.5) is 5.69 Å². The smallest absolute Gasteiger partial charge is 0.323 e. The largest absolute Gasteiger partial charge is 0.489 e. The van der Waals surface area contributed by atoms with E-state index in [4.69, 9.17) is 14.2 Å². The molecule has 0 saturated carbocycles. The molecule has 0 aliphatic heterocycles. The van der Waals surface area contributed by atoms with E-state index in [1.807, 2.05) is 89.2 Å². The van der Waals surface area contributed by atoms with Crippen LogP contribution in [-0.2, 0) is 38.6 Å². The van der Waals surface area contributed by atoms with Crippen LogP contribution in [0.15, 0.2) is 72.8 Å². The van der Waals surface area contributed by atoms with Gasteiger partial charge in [0.25, 0.3) is 5.69 Å². The highest BCUT2D eigenvalue weighted by molar-refractivity contribution is 5.79. The number of ether oxygens (including phenoxy) is 3. The third kappa shape index (κ3) is 10.2. The van der Waals surface area contributed by atoms with Crippen LogP contribution in [0.5, 0.6) is 5.75 Å². The van der Waals surface area contributed by atoms with Gasteiger partial charge in [-0.1, -0.05) is 68.8 Å². The van der Waals surface area contributed by atoms with Crippen molar-refractivity contribution in [1.82, 2.24) is 5.32 Å². The lowest BCUT2D eigenvalue weighted by Gasteiger charge is -2.28. The average molecular weight is 605 g/mol. The first-order valence-corrected chi connectivity index (χ1v) is 15.1. The minimum atomic E-state index is -0.729. The molecule has 0 aromatic heterocycles. The van der Waals surface area contributed by atoms with E-state index in [0.717, 1.165) is 17.5 Å². The molecule has 9 nitrogen and oxygen atoms in total. The van der Waals surface area contributed by atoms with Gasteiger partial charge >= 0.3 is 11.9 Å². The van der Waals surface area contributed by atoms with Crippen LogP contribution in [0.25, 0.3) is 0 Å². The highest BCUT2D eigenvalue weighted by atomic mass is 16.6. The number of esters is 2.